The molecule has 2 rings (SSSR count). The number of nitrogens with one attached hydrogen (secondary N) is 1. The van der Waals surface area contributed by atoms with E-state index >= 15 is 0 Å². The van der Waals surface area contributed by atoms with Crippen molar-refractivity contribution >= 4 is 11.5 Å². The second-order valence-electron chi connectivity index (χ2n) is 4.28. The molecule has 0 amide bonds. The Bertz CT molecular complexity index is 556. The highest BCUT2D eigenvalue weighted by atomic mass is 16.6. The first-order chi connectivity index (χ1) is 8.50. The van der Waals surface area contributed by atoms with Gasteiger partial charge in [0, 0.05) is 18.4 Å². The van der Waals surface area contributed by atoms with Crippen LogP contribution in [0, 0.1) is 17.0 Å². The molecule has 96 valence electrons. The first-order valence-electron chi connectivity index (χ1n) is 5.64. The van der Waals surface area contributed by atoms with Crippen LogP contribution in [-0.2, 0) is 0 Å². The van der Waals surface area contributed by atoms with E-state index in [9.17, 15) is 10.1 Å². The lowest BCUT2D eigenvalue weighted by Crippen LogP contribution is -2.14. The average Bonchev–Trinajstić information content (AvgIpc) is 2.86. The Hall–Kier alpha value is -2.31. The number of rotatable bonds is 4. The summed E-state index contributed by atoms with van der Waals surface area (Å²) < 4.78 is 3.27. The zero-order chi connectivity index (χ0) is 13.3. The lowest BCUT2D eigenvalue weighted by Gasteiger charge is -2.12. The lowest BCUT2D eigenvalue weighted by molar-refractivity contribution is -0.384. The van der Waals surface area contributed by atoms with E-state index < -0.39 is 4.92 Å². The third-order valence-corrected chi connectivity index (χ3v) is 2.57. The molecular weight excluding hydrogens is 234 g/mol. The van der Waals surface area contributed by atoms with Crippen LogP contribution in [0.15, 0.2) is 24.5 Å². The number of aromatic nitrogens is 3. The molecule has 0 aliphatic carbocycles. The molecule has 7 nitrogen and oxygen atoms in total. The molecule has 7 heteroatoms. The molecule has 0 aliphatic rings. The van der Waals surface area contributed by atoms with Gasteiger partial charge in [0.1, 0.15) is 5.69 Å². The van der Waals surface area contributed by atoms with Crippen LogP contribution in [-0.4, -0.2) is 19.4 Å². The van der Waals surface area contributed by atoms with Gasteiger partial charge in [0.15, 0.2) is 0 Å². The predicted octanol–water partition coefficient (Wildman–Crippen LogP) is 2.36. The van der Waals surface area contributed by atoms with Gasteiger partial charge in [-0.3, -0.25) is 20.2 Å². The lowest BCUT2D eigenvalue weighted by atomic mass is 10.3. The van der Waals surface area contributed by atoms with E-state index in [1.165, 1.54) is 0 Å². The molecule has 0 radical (unpaired) electrons. The number of anilines is 1. The zero-order valence-corrected chi connectivity index (χ0v) is 10.5. The fourth-order valence-corrected chi connectivity index (χ4v) is 1.77. The smallest absolute Gasteiger partial charge is 0.272 e. The molecule has 0 aliphatic heterocycles. The zero-order valence-electron chi connectivity index (χ0n) is 10.5. The average molecular weight is 249 g/mol. The molecule has 0 bridgehead atoms. The van der Waals surface area contributed by atoms with Gasteiger partial charge in [0.05, 0.1) is 4.92 Å². The number of aryl methyl sites for hydroxylation is 1. The van der Waals surface area contributed by atoms with Crippen molar-refractivity contribution in [3.8, 4) is 0 Å². The monoisotopic (exact) mass is 249 g/mol. The molecule has 0 aromatic carbocycles. The van der Waals surface area contributed by atoms with Crippen LogP contribution in [0.3, 0.4) is 0 Å². The normalized spacial score (nSPS) is 10.9. The summed E-state index contributed by atoms with van der Waals surface area (Å²) in [6.45, 7) is 5.49. The molecule has 0 saturated heterocycles. The van der Waals surface area contributed by atoms with Gasteiger partial charge in [0.25, 0.3) is 0 Å². The summed E-state index contributed by atoms with van der Waals surface area (Å²) in [7, 11) is 0. The van der Waals surface area contributed by atoms with E-state index in [4.69, 9.17) is 0 Å². The standard InChI is InChI=1S/C11H15N5O2/c1-8(2)15-11(13-14-6-4-5-7-14)10(16(17)18)9(3)12-15/h4-8,13H,1-3H3. The molecular formula is C11H15N5O2. The van der Waals surface area contributed by atoms with Crippen LogP contribution in [0.1, 0.15) is 25.6 Å². The maximum atomic E-state index is 11.1. The van der Waals surface area contributed by atoms with Gasteiger partial charge in [-0.25, -0.2) is 4.68 Å². The van der Waals surface area contributed by atoms with Crippen molar-refractivity contribution in [3.63, 3.8) is 0 Å². The molecule has 1 N–H and O–H groups in total. The highest BCUT2D eigenvalue weighted by Crippen LogP contribution is 2.30. The molecule has 18 heavy (non-hydrogen) atoms. The van der Waals surface area contributed by atoms with E-state index in [1.54, 1.807) is 28.7 Å². The fourth-order valence-electron chi connectivity index (χ4n) is 1.77. The second kappa shape index (κ2) is 4.52. The molecule has 0 atom stereocenters. The van der Waals surface area contributed by atoms with Crippen molar-refractivity contribution in [2.24, 2.45) is 0 Å². The molecule has 0 fully saturated rings. The Morgan fingerprint density at radius 3 is 2.50 bits per heavy atom. The van der Waals surface area contributed by atoms with Crippen molar-refractivity contribution in [3.05, 3.63) is 40.3 Å². The minimum absolute atomic E-state index is 0.0115. The van der Waals surface area contributed by atoms with Crippen molar-refractivity contribution in [2.45, 2.75) is 26.8 Å². The summed E-state index contributed by atoms with van der Waals surface area (Å²) in [6.07, 6.45) is 3.55. The summed E-state index contributed by atoms with van der Waals surface area (Å²) in [4.78, 5) is 10.7. The van der Waals surface area contributed by atoms with Crippen molar-refractivity contribution in [2.75, 3.05) is 5.43 Å². The van der Waals surface area contributed by atoms with Gasteiger partial charge in [-0.15, -0.1) is 0 Å². The maximum Gasteiger partial charge on any atom is 0.335 e. The van der Waals surface area contributed by atoms with Gasteiger partial charge in [0.2, 0.25) is 5.82 Å². The van der Waals surface area contributed by atoms with Crippen molar-refractivity contribution in [1.82, 2.24) is 14.5 Å². The van der Waals surface area contributed by atoms with Crippen LogP contribution in [0.4, 0.5) is 11.5 Å². The number of hydrogen-bond donors (Lipinski definition) is 1. The van der Waals surface area contributed by atoms with E-state index in [1.807, 2.05) is 26.0 Å². The summed E-state index contributed by atoms with van der Waals surface area (Å²) in [5, 5.41) is 15.3. The van der Waals surface area contributed by atoms with Gasteiger partial charge >= 0.3 is 5.69 Å². The predicted molar refractivity (Wildman–Crippen MR) is 67.5 cm³/mol. The topological polar surface area (TPSA) is 77.9 Å². The number of nitro groups is 1. The Morgan fingerprint density at radius 1 is 1.39 bits per heavy atom. The van der Waals surface area contributed by atoms with E-state index in [2.05, 4.69) is 10.5 Å². The first-order valence-corrected chi connectivity index (χ1v) is 5.64. The third-order valence-electron chi connectivity index (χ3n) is 2.57. The summed E-state index contributed by atoms with van der Waals surface area (Å²) >= 11 is 0. The molecule has 2 heterocycles. The molecule has 0 unspecified atom stereocenters. The molecule has 0 spiro atoms. The van der Waals surface area contributed by atoms with E-state index in [-0.39, 0.29) is 11.7 Å². The minimum Gasteiger partial charge on any atom is -0.272 e. The number of hydrogen-bond acceptors (Lipinski definition) is 4. The summed E-state index contributed by atoms with van der Waals surface area (Å²) in [5.74, 6) is 0.392. The fraction of sp³-hybridized carbons (Fsp3) is 0.364. The van der Waals surface area contributed by atoms with Crippen LogP contribution in [0.25, 0.3) is 0 Å². The Balaban J connectivity index is 2.50. The van der Waals surface area contributed by atoms with E-state index in [0.717, 1.165) is 0 Å². The maximum absolute atomic E-state index is 11.1. The Labute approximate surface area is 104 Å². The van der Waals surface area contributed by atoms with Gasteiger partial charge < -0.3 is 0 Å². The SMILES string of the molecule is Cc1nn(C(C)C)c(Nn2cccc2)c1[N+](=O)[O-]. The highest BCUT2D eigenvalue weighted by molar-refractivity contribution is 5.59. The van der Waals surface area contributed by atoms with Gasteiger partial charge in [-0.05, 0) is 32.9 Å². The molecule has 0 saturated carbocycles. The van der Waals surface area contributed by atoms with Crippen LogP contribution in [0.5, 0.6) is 0 Å². The van der Waals surface area contributed by atoms with E-state index in [0.29, 0.717) is 11.5 Å². The van der Waals surface area contributed by atoms with Gasteiger partial charge in [-0.2, -0.15) is 5.10 Å². The highest BCUT2D eigenvalue weighted by Gasteiger charge is 2.26. The minimum atomic E-state index is -0.410. The Kier molecular flexibility index (Phi) is 3.05. The van der Waals surface area contributed by atoms with Gasteiger partial charge in [-0.1, -0.05) is 0 Å². The first kappa shape index (κ1) is 12.2. The number of nitrogens with zero attached hydrogens (tertiary/aromatic N) is 4. The summed E-state index contributed by atoms with van der Waals surface area (Å²) in [5.41, 5.74) is 3.40. The van der Waals surface area contributed by atoms with Crippen LogP contribution < -0.4 is 5.43 Å². The van der Waals surface area contributed by atoms with Crippen LogP contribution in [0.2, 0.25) is 0 Å². The second-order valence-corrected chi connectivity index (χ2v) is 4.28. The van der Waals surface area contributed by atoms with Crippen LogP contribution >= 0.6 is 0 Å². The Morgan fingerprint density at radius 2 is 2.00 bits per heavy atom. The molecule has 2 aromatic heterocycles. The third kappa shape index (κ3) is 2.06. The largest absolute Gasteiger partial charge is 0.335 e. The van der Waals surface area contributed by atoms with Crippen molar-refractivity contribution < 1.29 is 4.92 Å². The van der Waals surface area contributed by atoms with Crippen molar-refractivity contribution in [1.29, 1.82) is 0 Å². The molecule has 2 aromatic rings. The summed E-state index contributed by atoms with van der Waals surface area (Å²) in [6, 6.07) is 3.71. The quantitative estimate of drug-likeness (QED) is 0.666.